The van der Waals surface area contributed by atoms with E-state index in [4.69, 9.17) is 10.2 Å². The van der Waals surface area contributed by atoms with Gasteiger partial charge in [0, 0.05) is 24.2 Å². The molecule has 2 N–H and O–H groups in total. The molecule has 0 spiro atoms. The lowest BCUT2D eigenvalue weighted by Gasteiger charge is -2.30. The minimum Gasteiger partial charge on any atom is -0.469 e. The smallest absolute Gasteiger partial charge is 0.105 e. The summed E-state index contributed by atoms with van der Waals surface area (Å²) < 4.78 is 5.30. The molecule has 1 aromatic rings. The summed E-state index contributed by atoms with van der Waals surface area (Å²) >= 11 is 0. The van der Waals surface area contributed by atoms with Crippen LogP contribution in [-0.2, 0) is 6.54 Å². The molecule has 3 nitrogen and oxygen atoms in total. The van der Waals surface area contributed by atoms with Gasteiger partial charge in [-0.15, -0.1) is 0 Å². The van der Waals surface area contributed by atoms with E-state index in [1.807, 2.05) is 13.0 Å². The van der Waals surface area contributed by atoms with Crippen LogP contribution in [0.25, 0.3) is 0 Å². The van der Waals surface area contributed by atoms with Gasteiger partial charge in [-0.1, -0.05) is 0 Å². The summed E-state index contributed by atoms with van der Waals surface area (Å²) in [5.41, 5.74) is 7.55. The topological polar surface area (TPSA) is 42.4 Å². The molecular weight excluding hydrogens is 200 g/mol. The van der Waals surface area contributed by atoms with Crippen LogP contribution in [0.15, 0.2) is 16.7 Å². The maximum atomic E-state index is 6.32. The number of likely N-dealkylation sites (N-methyl/N-ethyl adjacent to an activating group) is 1. The van der Waals surface area contributed by atoms with Crippen molar-refractivity contribution in [1.29, 1.82) is 0 Å². The fraction of sp³-hybridized carbons (Fsp3) is 0.692. The average Bonchev–Trinajstić information content (AvgIpc) is 2.94. The summed E-state index contributed by atoms with van der Waals surface area (Å²) in [7, 11) is 2.12. The molecule has 0 radical (unpaired) electrons. The Labute approximate surface area is 97.6 Å². The van der Waals surface area contributed by atoms with Crippen molar-refractivity contribution in [2.45, 2.75) is 38.8 Å². The molecule has 90 valence electrons. The van der Waals surface area contributed by atoms with Crippen LogP contribution in [0.2, 0.25) is 0 Å². The average molecular weight is 222 g/mol. The highest BCUT2D eigenvalue weighted by Crippen LogP contribution is 2.38. The van der Waals surface area contributed by atoms with Gasteiger partial charge in [-0.2, -0.15) is 0 Å². The maximum Gasteiger partial charge on any atom is 0.105 e. The number of furan rings is 1. The maximum absolute atomic E-state index is 6.32. The van der Waals surface area contributed by atoms with Gasteiger partial charge in [0.1, 0.15) is 5.76 Å². The standard InChI is InChI=1S/C13H22N2O/c1-10-11(6-7-16-10)8-15(3)9-13(2,14)12-4-5-12/h6-7,12H,4-5,8-9,14H2,1-3H3. The van der Waals surface area contributed by atoms with E-state index in [0.717, 1.165) is 24.8 Å². The molecule has 1 aromatic heterocycles. The van der Waals surface area contributed by atoms with Crippen LogP contribution in [0.3, 0.4) is 0 Å². The zero-order valence-electron chi connectivity index (χ0n) is 10.5. The summed E-state index contributed by atoms with van der Waals surface area (Å²) in [6, 6.07) is 2.04. The lowest BCUT2D eigenvalue weighted by molar-refractivity contribution is 0.231. The van der Waals surface area contributed by atoms with E-state index >= 15 is 0 Å². The first-order valence-corrected chi connectivity index (χ1v) is 5.99. The molecule has 0 aliphatic heterocycles. The SMILES string of the molecule is Cc1occc1CN(C)CC(C)(N)C1CC1. The number of hydrogen-bond donors (Lipinski definition) is 1. The molecule has 0 saturated heterocycles. The van der Waals surface area contributed by atoms with Crippen LogP contribution in [0, 0.1) is 12.8 Å². The van der Waals surface area contributed by atoms with Gasteiger partial charge in [0.2, 0.25) is 0 Å². The third-order valence-corrected chi connectivity index (χ3v) is 3.53. The molecule has 2 rings (SSSR count). The Hall–Kier alpha value is -0.800. The molecule has 1 fully saturated rings. The molecule has 1 heterocycles. The normalized spacial score (nSPS) is 20.1. The molecule has 1 saturated carbocycles. The molecule has 1 aliphatic carbocycles. The van der Waals surface area contributed by atoms with Crippen LogP contribution in [0.5, 0.6) is 0 Å². The Morgan fingerprint density at radius 3 is 2.75 bits per heavy atom. The highest BCUT2D eigenvalue weighted by molar-refractivity contribution is 5.15. The van der Waals surface area contributed by atoms with Crippen molar-refractivity contribution >= 4 is 0 Å². The Kier molecular flexibility index (Phi) is 3.08. The van der Waals surface area contributed by atoms with E-state index in [2.05, 4.69) is 18.9 Å². The van der Waals surface area contributed by atoms with Crippen molar-refractivity contribution in [3.05, 3.63) is 23.7 Å². The van der Waals surface area contributed by atoms with E-state index in [1.165, 1.54) is 18.4 Å². The molecule has 16 heavy (non-hydrogen) atoms. The van der Waals surface area contributed by atoms with E-state index in [-0.39, 0.29) is 5.54 Å². The van der Waals surface area contributed by atoms with Crippen molar-refractivity contribution in [2.75, 3.05) is 13.6 Å². The van der Waals surface area contributed by atoms with Gasteiger partial charge in [-0.25, -0.2) is 0 Å². The molecule has 1 aliphatic rings. The van der Waals surface area contributed by atoms with Gasteiger partial charge in [0.05, 0.1) is 6.26 Å². The first-order valence-electron chi connectivity index (χ1n) is 5.99. The van der Waals surface area contributed by atoms with Crippen molar-refractivity contribution in [2.24, 2.45) is 11.7 Å². The van der Waals surface area contributed by atoms with Gasteiger partial charge < -0.3 is 15.1 Å². The predicted octanol–water partition coefficient (Wildman–Crippen LogP) is 2.15. The van der Waals surface area contributed by atoms with Gasteiger partial charge in [0.25, 0.3) is 0 Å². The lowest BCUT2D eigenvalue weighted by Crippen LogP contribution is -2.48. The molecule has 3 heteroatoms. The number of nitrogens with zero attached hydrogens (tertiary/aromatic N) is 1. The molecule has 1 atom stereocenters. The van der Waals surface area contributed by atoms with Crippen LogP contribution in [0.1, 0.15) is 31.1 Å². The van der Waals surface area contributed by atoms with Gasteiger partial charge >= 0.3 is 0 Å². The molecule has 0 amide bonds. The van der Waals surface area contributed by atoms with E-state index < -0.39 is 0 Å². The van der Waals surface area contributed by atoms with E-state index in [1.54, 1.807) is 6.26 Å². The van der Waals surface area contributed by atoms with Crippen LogP contribution in [0.4, 0.5) is 0 Å². The van der Waals surface area contributed by atoms with Crippen molar-refractivity contribution in [3.63, 3.8) is 0 Å². The molecule has 0 aromatic carbocycles. The molecule has 1 unspecified atom stereocenters. The second-order valence-electron chi connectivity index (χ2n) is 5.45. The second kappa shape index (κ2) is 4.22. The van der Waals surface area contributed by atoms with Gasteiger partial charge in [-0.05, 0) is 45.7 Å². The second-order valence-corrected chi connectivity index (χ2v) is 5.45. The molecular formula is C13H22N2O. The number of nitrogens with two attached hydrogens (primary N) is 1. The minimum atomic E-state index is -0.0353. The largest absolute Gasteiger partial charge is 0.469 e. The predicted molar refractivity (Wildman–Crippen MR) is 65.1 cm³/mol. The zero-order valence-corrected chi connectivity index (χ0v) is 10.5. The van der Waals surface area contributed by atoms with Crippen LogP contribution in [-0.4, -0.2) is 24.0 Å². The Bertz CT molecular complexity index is 353. The third-order valence-electron chi connectivity index (χ3n) is 3.53. The summed E-state index contributed by atoms with van der Waals surface area (Å²) in [6.45, 7) is 6.04. The van der Waals surface area contributed by atoms with Gasteiger partial charge in [0.15, 0.2) is 0 Å². The number of aryl methyl sites for hydroxylation is 1. The fourth-order valence-electron chi connectivity index (χ4n) is 2.38. The Morgan fingerprint density at radius 1 is 1.56 bits per heavy atom. The zero-order chi connectivity index (χ0) is 11.8. The van der Waals surface area contributed by atoms with Crippen LogP contribution < -0.4 is 5.73 Å². The summed E-state index contributed by atoms with van der Waals surface area (Å²) in [6.07, 6.45) is 4.35. The van der Waals surface area contributed by atoms with Crippen LogP contribution >= 0.6 is 0 Å². The first kappa shape index (κ1) is 11.7. The van der Waals surface area contributed by atoms with E-state index in [9.17, 15) is 0 Å². The molecule has 0 bridgehead atoms. The first-order chi connectivity index (χ1) is 7.49. The number of hydrogen-bond acceptors (Lipinski definition) is 3. The highest BCUT2D eigenvalue weighted by Gasteiger charge is 2.38. The quantitative estimate of drug-likeness (QED) is 0.830. The van der Waals surface area contributed by atoms with Crippen molar-refractivity contribution in [3.8, 4) is 0 Å². The lowest BCUT2D eigenvalue weighted by atomic mass is 9.96. The fourth-order valence-corrected chi connectivity index (χ4v) is 2.38. The highest BCUT2D eigenvalue weighted by atomic mass is 16.3. The Balaban J connectivity index is 1.88. The summed E-state index contributed by atoms with van der Waals surface area (Å²) in [4.78, 5) is 2.29. The summed E-state index contributed by atoms with van der Waals surface area (Å²) in [5, 5.41) is 0. The summed E-state index contributed by atoms with van der Waals surface area (Å²) in [5.74, 6) is 1.73. The van der Waals surface area contributed by atoms with E-state index in [0.29, 0.717) is 0 Å². The van der Waals surface area contributed by atoms with Gasteiger partial charge in [-0.3, -0.25) is 0 Å². The third kappa shape index (κ3) is 2.66. The van der Waals surface area contributed by atoms with Crippen molar-refractivity contribution < 1.29 is 4.42 Å². The number of rotatable bonds is 5. The minimum absolute atomic E-state index is 0.0353. The monoisotopic (exact) mass is 222 g/mol. The Morgan fingerprint density at radius 2 is 2.25 bits per heavy atom. The van der Waals surface area contributed by atoms with Crippen molar-refractivity contribution in [1.82, 2.24) is 4.90 Å².